The lowest BCUT2D eigenvalue weighted by molar-refractivity contribution is -0.116. The van der Waals surface area contributed by atoms with Gasteiger partial charge in [0.05, 0.1) is 5.69 Å². The lowest BCUT2D eigenvalue weighted by atomic mass is 10.1. The molecule has 28 heavy (non-hydrogen) atoms. The summed E-state index contributed by atoms with van der Waals surface area (Å²) in [6.07, 6.45) is 5.85. The second-order valence-electron chi connectivity index (χ2n) is 6.49. The van der Waals surface area contributed by atoms with Crippen molar-refractivity contribution in [2.75, 3.05) is 5.32 Å². The first-order chi connectivity index (χ1) is 13.7. The zero-order valence-corrected chi connectivity index (χ0v) is 15.5. The number of aromatic nitrogens is 5. The molecule has 0 saturated carbocycles. The molecule has 0 aliphatic heterocycles. The Balaban J connectivity index is 1.66. The Labute approximate surface area is 162 Å². The molecule has 0 unspecified atom stereocenters. The Hall–Kier alpha value is -3.61. The number of carbonyl (C=O) groups excluding carboxylic acids is 1. The van der Waals surface area contributed by atoms with Gasteiger partial charge in [-0.2, -0.15) is 9.61 Å². The van der Waals surface area contributed by atoms with Gasteiger partial charge in [-0.25, -0.2) is 0 Å². The highest BCUT2D eigenvalue weighted by Crippen LogP contribution is 2.23. The van der Waals surface area contributed by atoms with Gasteiger partial charge in [0.25, 0.3) is 0 Å². The van der Waals surface area contributed by atoms with Crippen molar-refractivity contribution in [3.8, 4) is 22.6 Å². The third-order valence-corrected chi connectivity index (χ3v) is 4.38. The van der Waals surface area contributed by atoms with E-state index in [0.29, 0.717) is 17.9 Å². The van der Waals surface area contributed by atoms with Crippen LogP contribution in [0.3, 0.4) is 0 Å². The molecule has 0 atom stereocenters. The maximum Gasteiger partial charge on any atom is 0.224 e. The van der Waals surface area contributed by atoms with E-state index in [1.54, 1.807) is 16.9 Å². The number of hydrogen-bond donors (Lipinski definition) is 1. The summed E-state index contributed by atoms with van der Waals surface area (Å²) in [6.45, 7) is 2.07. The van der Waals surface area contributed by atoms with Crippen molar-refractivity contribution in [2.45, 2.75) is 26.2 Å². The van der Waals surface area contributed by atoms with Crippen LogP contribution < -0.4 is 5.32 Å². The molecule has 1 amide bonds. The molecule has 1 N–H and O–H groups in total. The van der Waals surface area contributed by atoms with Gasteiger partial charge in [-0.15, -0.1) is 10.2 Å². The number of rotatable bonds is 6. The van der Waals surface area contributed by atoms with Gasteiger partial charge in [-0.1, -0.05) is 25.5 Å². The van der Waals surface area contributed by atoms with E-state index in [-0.39, 0.29) is 5.91 Å². The van der Waals surface area contributed by atoms with Crippen molar-refractivity contribution in [1.82, 2.24) is 24.8 Å². The molecule has 7 nitrogen and oxygen atoms in total. The molecule has 4 rings (SSSR count). The number of nitrogens with one attached hydrogen (secondary N) is 1. The van der Waals surface area contributed by atoms with Crippen LogP contribution >= 0.6 is 0 Å². The molecular weight excluding hydrogens is 352 g/mol. The van der Waals surface area contributed by atoms with Gasteiger partial charge < -0.3 is 5.32 Å². The number of fused-ring (bicyclic) bond motifs is 1. The Bertz CT molecular complexity index is 1110. The Morgan fingerprint density at radius 3 is 2.79 bits per heavy atom. The molecule has 7 heteroatoms. The fraction of sp³-hybridized carbons (Fsp3) is 0.190. The lowest BCUT2D eigenvalue weighted by Gasteiger charge is -2.08. The van der Waals surface area contributed by atoms with Crippen LogP contribution in [0, 0.1) is 0 Å². The molecule has 140 valence electrons. The first-order valence-electron chi connectivity index (χ1n) is 9.28. The van der Waals surface area contributed by atoms with Crippen LogP contribution in [0.2, 0.25) is 0 Å². The monoisotopic (exact) mass is 372 g/mol. The van der Waals surface area contributed by atoms with Crippen LogP contribution in [0.1, 0.15) is 26.2 Å². The van der Waals surface area contributed by atoms with Crippen LogP contribution in [-0.4, -0.2) is 30.7 Å². The fourth-order valence-corrected chi connectivity index (χ4v) is 2.93. The third kappa shape index (κ3) is 3.73. The second-order valence-corrected chi connectivity index (χ2v) is 6.49. The molecule has 0 spiro atoms. The average molecular weight is 372 g/mol. The van der Waals surface area contributed by atoms with Crippen molar-refractivity contribution in [3.05, 3.63) is 60.9 Å². The molecule has 1 aromatic carbocycles. The van der Waals surface area contributed by atoms with E-state index in [0.717, 1.165) is 35.3 Å². The minimum absolute atomic E-state index is 0.0279. The topological polar surface area (TPSA) is 85.1 Å². The van der Waals surface area contributed by atoms with E-state index in [1.807, 2.05) is 48.5 Å². The molecule has 0 aliphatic carbocycles. The number of nitrogens with zero attached hydrogens (tertiary/aromatic N) is 5. The van der Waals surface area contributed by atoms with Gasteiger partial charge in [0.1, 0.15) is 0 Å². The zero-order valence-electron chi connectivity index (χ0n) is 15.5. The molecule has 3 aromatic heterocycles. The SMILES string of the molecule is CCCCC(=O)Nc1cccc(-c2ccc3nnc(-c4cccnc4)n3n2)c1. The zero-order chi connectivity index (χ0) is 19.3. The minimum Gasteiger partial charge on any atom is -0.326 e. The molecule has 0 radical (unpaired) electrons. The number of anilines is 1. The molecule has 3 heterocycles. The molecular formula is C21H20N6O. The van der Waals surface area contributed by atoms with Gasteiger partial charge in [0.15, 0.2) is 11.5 Å². The summed E-state index contributed by atoms with van der Waals surface area (Å²) >= 11 is 0. The summed E-state index contributed by atoms with van der Waals surface area (Å²) in [5.41, 5.74) is 3.93. The molecule has 0 fully saturated rings. The fourth-order valence-electron chi connectivity index (χ4n) is 2.93. The largest absolute Gasteiger partial charge is 0.326 e. The first-order valence-corrected chi connectivity index (χ1v) is 9.28. The Morgan fingerprint density at radius 1 is 1.07 bits per heavy atom. The van der Waals surface area contributed by atoms with Crippen molar-refractivity contribution in [1.29, 1.82) is 0 Å². The quantitative estimate of drug-likeness (QED) is 0.553. The van der Waals surface area contributed by atoms with Crippen LogP contribution in [0.15, 0.2) is 60.9 Å². The molecule has 4 aromatic rings. The maximum absolute atomic E-state index is 12.0. The van der Waals surface area contributed by atoms with Crippen LogP contribution in [0.4, 0.5) is 5.69 Å². The van der Waals surface area contributed by atoms with E-state index in [4.69, 9.17) is 5.10 Å². The highest BCUT2D eigenvalue weighted by Gasteiger charge is 2.11. The van der Waals surface area contributed by atoms with E-state index < -0.39 is 0 Å². The highest BCUT2D eigenvalue weighted by atomic mass is 16.1. The number of pyridine rings is 1. The summed E-state index contributed by atoms with van der Waals surface area (Å²) in [4.78, 5) is 16.1. The van der Waals surface area contributed by atoms with Gasteiger partial charge >= 0.3 is 0 Å². The molecule has 0 bridgehead atoms. The highest BCUT2D eigenvalue weighted by molar-refractivity contribution is 5.91. The van der Waals surface area contributed by atoms with E-state index in [1.165, 1.54) is 0 Å². The van der Waals surface area contributed by atoms with Crippen LogP contribution in [0.5, 0.6) is 0 Å². The summed E-state index contributed by atoms with van der Waals surface area (Å²) in [5, 5.41) is 16.1. The van der Waals surface area contributed by atoms with Crippen LogP contribution in [-0.2, 0) is 4.79 Å². The van der Waals surface area contributed by atoms with E-state index in [2.05, 4.69) is 27.4 Å². The smallest absolute Gasteiger partial charge is 0.224 e. The standard InChI is InChI=1S/C21H20N6O/c1-2-3-9-20(28)23-17-8-4-6-15(13-17)18-10-11-19-24-25-21(27(19)26-18)16-7-5-12-22-14-16/h4-8,10-14H,2-3,9H2,1H3,(H,23,28). The summed E-state index contributed by atoms with van der Waals surface area (Å²) < 4.78 is 1.71. The molecule has 0 saturated heterocycles. The summed E-state index contributed by atoms with van der Waals surface area (Å²) in [7, 11) is 0. The second kappa shape index (κ2) is 7.96. The summed E-state index contributed by atoms with van der Waals surface area (Å²) in [5.74, 6) is 0.661. The lowest BCUT2D eigenvalue weighted by Crippen LogP contribution is -2.10. The van der Waals surface area contributed by atoms with Gasteiger partial charge in [-0.05, 0) is 42.8 Å². The van der Waals surface area contributed by atoms with Gasteiger partial charge in [-0.3, -0.25) is 9.78 Å². The average Bonchev–Trinajstić information content (AvgIpc) is 3.16. The maximum atomic E-state index is 12.0. The minimum atomic E-state index is 0.0279. The summed E-state index contributed by atoms with van der Waals surface area (Å²) in [6, 6.07) is 15.2. The predicted octanol–water partition coefficient (Wildman–Crippen LogP) is 3.98. The number of unbranched alkanes of at least 4 members (excludes halogenated alkanes) is 1. The van der Waals surface area contributed by atoms with Crippen molar-refractivity contribution >= 4 is 17.2 Å². The Morgan fingerprint density at radius 2 is 1.96 bits per heavy atom. The predicted molar refractivity (Wildman–Crippen MR) is 108 cm³/mol. The number of benzene rings is 1. The van der Waals surface area contributed by atoms with E-state index in [9.17, 15) is 4.79 Å². The van der Waals surface area contributed by atoms with E-state index >= 15 is 0 Å². The number of hydrogen-bond acceptors (Lipinski definition) is 5. The van der Waals surface area contributed by atoms with Gasteiger partial charge in [0.2, 0.25) is 5.91 Å². The third-order valence-electron chi connectivity index (χ3n) is 4.38. The van der Waals surface area contributed by atoms with Crippen molar-refractivity contribution < 1.29 is 4.79 Å². The van der Waals surface area contributed by atoms with Crippen molar-refractivity contribution in [3.63, 3.8) is 0 Å². The molecule has 0 aliphatic rings. The normalized spacial score (nSPS) is 10.9. The Kier molecular flexibility index (Phi) is 5.05. The van der Waals surface area contributed by atoms with Crippen LogP contribution in [0.25, 0.3) is 28.3 Å². The van der Waals surface area contributed by atoms with Gasteiger partial charge in [0, 0.05) is 35.6 Å². The van der Waals surface area contributed by atoms with Crippen molar-refractivity contribution in [2.24, 2.45) is 0 Å². The number of carbonyl (C=O) groups is 1. The number of amides is 1. The first kappa shape index (κ1) is 17.8.